The van der Waals surface area contributed by atoms with Crippen LogP contribution in [0.25, 0.3) is 0 Å². The van der Waals surface area contributed by atoms with E-state index in [0.29, 0.717) is 25.9 Å². The maximum Gasteiger partial charge on any atom is 0.410 e. The van der Waals surface area contributed by atoms with Crippen LogP contribution < -0.4 is 0 Å². The molecule has 2 atom stereocenters. The average Bonchev–Trinajstić information content (AvgIpc) is 2.49. The maximum atomic E-state index is 12.0. The molecule has 0 radical (unpaired) electrons. The summed E-state index contributed by atoms with van der Waals surface area (Å²) in [6.07, 6.45) is -0.446. The fraction of sp³-hybridized carbons (Fsp3) is 0.857. The first kappa shape index (κ1) is 16.8. The molecule has 1 aliphatic heterocycles. The minimum Gasteiger partial charge on any atom is -0.466 e. The van der Waals surface area contributed by atoms with Gasteiger partial charge in [-0.2, -0.15) is 0 Å². The summed E-state index contributed by atoms with van der Waals surface area (Å²) in [5.74, 6) is -0.964. The number of ether oxygens (including phenoxy) is 2. The molecule has 1 saturated heterocycles. The van der Waals surface area contributed by atoms with E-state index in [1.165, 1.54) is 4.90 Å². The van der Waals surface area contributed by atoms with Crippen molar-refractivity contribution in [2.75, 3.05) is 19.7 Å². The summed E-state index contributed by atoms with van der Waals surface area (Å²) in [7, 11) is 0. The predicted molar refractivity (Wildman–Crippen MR) is 73.2 cm³/mol. The number of hydrogen-bond donors (Lipinski definition) is 1. The molecule has 20 heavy (non-hydrogen) atoms. The van der Waals surface area contributed by atoms with E-state index < -0.39 is 29.7 Å². The Labute approximate surface area is 120 Å². The van der Waals surface area contributed by atoms with Crippen molar-refractivity contribution in [2.45, 2.75) is 52.2 Å². The number of aliphatic hydroxyl groups is 1. The smallest absolute Gasteiger partial charge is 0.410 e. The monoisotopic (exact) mass is 287 g/mol. The van der Waals surface area contributed by atoms with E-state index in [9.17, 15) is 14.7 Å². The lowest BCUT2D eigenvalue weighted by Crippen LogP contribution is -2.37. The van der Waals surface area contributed by atoms with Gasteiger partial charge in [0.2, 0.25) is 0 Å². The van der Waals surface area contributed by atoms with Gasteiger partial charge in [0.05, 0.1) is 18.6 Å². The number of carbonyl (C=O) groups excluding carboxylic acids is 2. The lowest BCUT2D eigenvalue weighted by Gasteiger charge is -2.26. The van der Waals surface area contributed by atoms with Crippen LogP contribution in [0.4, 0.5) is 4.79 Å². The second-order valence-corrected chi connectivity index (χ2v) is 5.97. The average molecular weight is 287 g/mol. The molecule has 0 aromatic rings. The molecular weight excluding hydrogens is 262 g/mol. The van der Waals surface area contributed by atoms with Gasteiger partial charge in [-0.15, -0.1) is 0 Å². The fourth-order valence-corrected chi connectivity index (χ4v) is 2.12. The highest BCUT2D eigenvalue weighted by Crippen LogP contribution is 2.21. The molecule has 0 spiro atoms. The van der Waals surface area contributed by atoms with Crippen molar-refractivity contribution in [3.63, 3.8) is 0 Å². The van der Waals surface area contributed by atoms with E-state index >= 15 is 0 Å². The van der Waals surface area contributed by atoms with Crippen LogP contribution in [0.5, 0.6) is 0 Å². The van der Waals surface area contributed by atoms with Crippen LogP contribution in [0.2, 0.25) is 0 Å². The fourth-order valence-electron chi connectivity index (χ4n) is 2.12. The second-order valence-electron chi connectivity index (χ2n) is 5.97. The zero-order valence-electron chi connectivity index (χ0n) is 12.7. The van der Waals surface area contributed by atoms with Crippen LogP contribution >= 0.6 is 0 Å². The largest absolute Gasteiger partial charge is 0.466 e. The van der Waals surface area contributed by atoms with Crippen molar-refractivity contribution in [2.24, 2.45) is 5.92 Å². The van der Waals surface area contributed by atoms with Crippen molar-refractivity contribution in [3.05, 3.63) is 0 Å². The molecule has 116 valence electrons. The van der Waals surface area contributed by atoms with Gasteiger partial charge < -0.3 is 19.5 Å². The number of carbonyl (C=O) groups is 2. The number of hydrogen-bond acceptors (Lipinski definition) is 5. The molecule has 0 aromatic carbocycles. The van der Waals surface area contributed by atoms with Crippen molar-refractivity contribution < 1.29 is 24.2 Å². The van der Waals surface area contributed by atoms with Crippen LogP contribution in [-0.2, 0) is 14.3 Å². The van der Waals surface area contributed by atoms with E-state index in [1.807, 2.05) is 0 Å². The highest BCUT2D eigenvalue weighted by Gasteiger charge is 2.33. The van der Waals surface area contributed by atoms with E-state index in [0.717, 1.165) is 0 Å². The van der Waals surface area contributed by atoms with Crippen LogP contribution in [0, 0.1) is 5.92 Å². The molecule has 0 saturated carbocycles. The van der Waals surface area contributed by atoms with Gasteiger partial charge in [-0.25, -0.2) is 4.79 Å². The van der Waals surface area contributed by atoms with Crippen molar-refractivity contribution in [1.82, 2.24) is 4.90 Å². The summed E-state index contributed by atoms with van der Waals surface area (Å²) in [4.78, 5) is 25.3. The van der Waals surface area contributed by atoms with Gasteiger partial charge in [0, 0.05) is 13.1 Å². The first-order valence-corrected chi connectivity index (χ1v) is 7.07. The Morgan fingerprint density at radius 3 is 2.40 bits per heavy atom. The van der Waals surface area contributed by atoms with Gasteiger partial charge >= 0.3 is 12.1 Å². The Morgan fingerprint density at radius 1 is 1.25 bits per heavy atom. The van der Waals surface area contributed by atoms with E-state index in [4.69, 9.17) is 9.47 Å². The lowest BCUT2D eigenvalue weighted by molar-refractivity contribution is -0.152. The lowest BCUT2D eigenvalue weighted by atomic mass is 9.98. The summed E-state index contributed by atoms with van der Waals surface area (Å²) in [5, 5.41) is 10.00. The number of likely N-dealkylation sites (tertiary alicyclic amines) is 1. The first-order valence-electron chi connectivity index (χ1n) is 7.07. The van der Waals surface area contributed by atoms with E-state index in [2.05, 4.69) is 0 Å². The minimum absolute atomic E-state index is 0.290. The Hall–Kier alpha value is -1.30. The van der Waals surface area contributed by atoms with Gasteiger partial charge in [-0.1, -0.05) is 0 Å². The Bertz CT molecular complexity index is 350. The zero-order valence-corrected chi connectivity index (χ0v) is 12.7. The molecule has 0 aliphatic carbocycles. The number of amides is 1. The molecule has 1 N–H and O–H groups in total. The number of rotatable bonds is 2. The topological polar surface area (TPSA) is 76.1 Å². The number of nitrogens with zero attached hydrogens (tertiary/aromatic N) is 1. The molecular formula is C14H25NO5. The summed E-state index contributed by atoms with van der Waals surface area (Å²) in [6, 6.07) is 0. The molecule has 0 bridgehead atoms. The van der Waals surface area contributed by atoms with Crippen molar-refractivity contribution >= 4 is 12.1 Å². The molecule has 1 fully saturated rings. The van der Waals surface area contributed by atoms with Gasteiger partial charge in [0.15, 0.2) is 0 Å². The summed E-state index contributed by atoms with van der Waals surface area (Å²) in [6.45, 7) is 8.20. The molecule has 1 aliphatic rings. The zero-order chi connectivity index (χ0) is 15.3. The van der Waals surface area contributed by atoms with Gasteiger partial charge in [0.25, 0.3) is 0 Å². The third kappa shape index (κ3) is 5.00. The Kier molecular flexibility index (Phi) is 5.80. The highest BCUT2D eigenvalue weighted by molar-refractivity contribution is 5.73. The molecule has 6 heteroatoms. The van der Waals surface area contributed by atoms with Crippen LogP contribution in [0.3, 0.4) is 0 Å². The summed E-state index contributed by atoms with van der Waals surface area (Å²) < 4.78 is 10.3. The standard InChI is InChI=1S/C14H25NO5/c1-5-19-12(17)10-6-8-15(9-7-11(10)16)13(18)20-14(2,3)4/h10-11,16H,5-9H2,1-4H3/t10-,11-/m0/s1. The highest BCUT2D eigenvalue weighted by atomic mass is 16.6. The van der Waals surface area contributed by atoms with Crippen molar-refractivity contribution in [1.29, 1.82) is 0 Å². The maximum absolute atomic E-state index is 12.0. The first-order chi connectivity index (χ1) is 9.24. The Morgan fingerprint density at radius 2 is 1.85 bits per heavy atom. The minimum atomic E-state index is -0.776. The van der Waals surface area contributed by atoms with Crippen LogP contribution in [0.15, 0.2) is 0 Å². The molecule has 1 rings (SSSR count). The second kappa shape index (κ2) is 6.92. The molecule has 0 aromatic heterocycles. The van der Waals surface area contributed by atoms with Gasteiger partial charge in [-0.05, 0) is 40.5 Å². The molecule has 0 unspecified atom stereocenters. The molecule has 6 nitrogen and oxygen atoms in total. The summed E-state index contributed by atoms with van der Waals surface area (Å²) in [5.41, 5.74) is -0.553. The number of aliphatic hydroxyl groups excluding tert-OH is 1. The van der Waals surface area contributed by atoms with Crippen LogP contribution in [0.1, 0.15) is 40.5 Å². The molecule has 1 amide bonds. The van der Waals surface area contributed by atoms with Gasteiger partial charge in [-0.3, -0.25) is 4.79 Å². The van der Waals surface area contributed by atoms with E-state index in [-0.39, 0.29) is 6.61 Å². The molecule has 1 heterocycles. The van der Waals surface area contributed by atoms with E-state index in [1.54, 1.807) is 27.7 Å². The van der Waals surface area contributed by atoms with Gasteiger partial charge in [0.1, 0.15) is 5.60 Å². The van der Waals surface area contributed by atoms with Crippen LogP contribution in [-0.4, -0.2) is 53.5 Å². The normalized spacial score (nSPS) is 23.9. The number of esters is 1. The Balaban J connectivity index is 2.61. The van der Waals surface area contributed by atoms with Crippen molar-refractivity contribution in [3.8, 4) is 0 Å². The SMILES string of the molecule is CCOC(=O)[C@H]1CCN(C(=O)OC(C)(C)C)CC[C@@H]1O. The third-order valence-corrected chi connectivity index (χ3v) is 3.11. The summed E-state index contributed by atoms with van der Waals surface area (Å²) >= 11 is 0. The quantitative estimate of drug-likeness (QED) is 0.780. The third-order valence-electron chi connectivity index (χ3n) is 3.11. The predicted octanol–water partition coefficient (Wildman–Crippen LogP) is 1.56.